The predicted molar refractivity (Wildman–Crippen MR) is 158 cm³/mol. The van der Waals surface area contributed by atoms with Crippen LogP contribution in [0.25, 0.3) is 0 Å². The normalized spacial score (nSPS) is 28.9. The van der Waals surface area contributed by atoms with E-state index in [1.54, 1.807) is 32.1 Å². The second-order valence-corrected chi connectivity index (χ2v) is 13.3. The Morgan fingerprint density at radius 1 is 1.26 bits per heavy atom. The molecule has 4 aliphatic rings. The third kappa shape index (κ3) is 4.83. The fraction of sp³-hybridized carbons (Fsp3) is 0.571. The summed E-state index contributed by atoms with van der Waals surface area (Å²) >= 11 is 1.98. The van der Waals surface area contributed by atoms with E-state index >= 15 is 0 Å². The van der Waals surface area contributed by atoms with E-state index in [-0.39, 0.29) is 23.1 Å². The monoisotopic (exact) mass is 670 g/mol. The number of nitrogens with zero attached hydrogens (tertiary/aromatic N) is 3. The van der Waals surface area contributed by atoms with Gasteiger partial charge in [-0.05, 0) is 61.9 Å². The maximum absolute atomic E-state index is 14.1. The van der Waals surface area contributed by atoms with Gasteiger partial charge in [-0.3, -0.25) is 12.7 Å². The lowest BCUT2D eigenvalue weighted by Crippen LogP contribution is -2.44. The summed E-state index contributed by atoms with van der Waals surface area (Å²) in [6, 6.07) is 6.13. The minimum atomic E-state index is -2.60. The summed E-state index contributed by atoms with van der Waals surface area (Å²) < 4.78 is 36.3. The summed E-state index contributed by atoms with van der Waals surface area (Å²) in [5.74, 6) is 1.11. The number of halogens is 3. The molecular formula is C28H34F2IN4O3P. The summed E-state index contributed by atoms with van der Waals surface area (Å²) in [5, 5.41) is 3.95. The molecule has 2 aromatic rings. The zero-order valence-electron chi connectivity index (χ0n) is 22.1. The summed E-state index contributed by atoms with van der Waals surface area (Å²) in [4.78, 5) is 30.0. The molecule has 2 aliphatic carbocycles. The van der Waals surface area contributed by atoms with Gasteiger partial charge in [0.25, 0.3) is 17.9 Å². The Balaban J connectivity index is 1.37. The Bertz CT molecular complexity index is 1330. The number of pyridine rings is 1. The molecule has 2 saturated heterocycles. The maximum atomic E-state index is 14.1. The van der Waals surface area contributed by atoms with Crippen molar-refractivity contribution < 1.29 is 18.3 Å². The molecule has 210 valence electrons. The third-order valence-electron chi connectivity index (χ3n) is 9.22. The van der Waals surface area contributed by atoms with Gasteiger partial charge in [0.15, 0.2) is 0 Å². The maximum Gasteiger partial charge on any atom is 0.266 e. The zero-order valence-corrected chi connectivity index (χ0v) is 25.4. The molecule has 11 heteroatoms. The van der Waals surface area contributed by atoms with Crippen molar-refractivity contribution in [1.82, 2.24) is 12.6 Å². The third-order valence-corrected chi connectivity index (χ3v) is 11.2. The van der Waals surface area contributed by atoms with Crippen molar-refractivity contribution in [2.24, 2.45) is 17.8 Å². The van der Waals surface area contributed by atoms with Crippen LogP contribution in [0.1, 0.15) is 60.1 Å². The van der Waals surface area contributed by atoms with Gasteiger partial charge in [-0.15, -0.1) is 9.24 Å². The largest absolute Gasteiger partial charge is 0.381 e. The van der Waals surface area contributed by atoms with E-state index < -0.39 is 18.0 Å². The SMILES string of the molecule is C[C@H](c1cccc(C(F)F)c1P)N(I)C(=O)c1cn(C2(C3CC3)CCOC2)c(=O)cc1NC1C2CN(C)CC21. The Hall–Kier alpha value is -1.62. The number of benzene rings is 1. The van der Waals surface area contributed by atoms with Crippen LogP contribution in [-0.2, 0) is 10.3 Å². The number of alkyl halides is 2. The molecule has 4 unspecified atom stereocenters. The van der Waals surface area contributed by atoms with E-state index in [0.717, 1.165) is 32.4 Å². The Morgan fingerprint density at radius 3 is 2.56 bits per heavy atom. The molecule has 1 aromatic heterocycles. The first-order valence-corrected chi connectivity index (χ1v) is 15.1. The number of carbonyl (C=O) groups excluding carboxylic acids is 1. The number of aromatic nitrogens is 1. The number of ether oxygens (including phenoxy) is 1. The molecule has 1 amide bonds. The molecule has 1 aromatic carbocycles. The molecular weight excluding hydrogens is 636 g/mol. The molecule has 3 heterocycles. The average Bonchev–Trinajstić information content (AvgIpc) is 3.75. The topological polar surface area (TPSA) is 66.8 Å². The molecule has 0 radical (unpaired) electrons. The highest BCUT2D eigenvalue weighted by atomic mass is 127. The van der Waals surface area contributed by atoms with E-state index in [1.165, 1.54) is 6.07 Å². The van der Waals surface area contributed by atoms with E-state index in [9.17, 15) is 18.4 Å². The number of likely N-dealkylation sites (tertiary alicyclic amines) is 1. The number of piperidine rings is 1. The van der Waals surface area contributed by atoms with Gasteiger partial charge in [0.05, 0.1) is 52.3 Å². The lowest BCUT2D eigenvalue weighted by Gasteiger charge is -2.32. The number of rotatable bonds is 8. The highest BCUT2D eigenvalue weighted by Crippen LogP contribution is 2.49. The highest BCUT2D eigenvalue weighted by Gasteiger charge is 2.55. The van der Waals surface area contributed by atoms with Gasteiger partial charge in [0, 0.05) is 43.6 Å². The van der Waals surface area contributed by atoms with Crippen molar-refractivity contribution in [3.05, 3.63) is 57.5 Å². The number of hydrogen-bond acceptors (Lipinski definition) is 5. The van der Waals surface area contributed by atoms with Crippen LogP contribution in [0, 0.1) is 17.8 Å². The fourth-order valence-electron chi connectivity index (χ4n) is 6.77. The molecule has 6 rings (SSSR count). The first kappa shape index (κ1) is 27.5. The molecule has 1 N–H and O–H groups in total. The molecule has 2 saturated carbocycles. The van der Waals surface area contributed by atoms with Crippen LogP contribution >= 0.6 is 32.1 Å². The van der Waals surface area contributed by atoms with Crippen LogP contribution in [0.15, 0.2) is 35.3 Å². The number of anilines is 1. The van der Waals surface area contributed by atoms with E-state index in [4.69, 9.17) is 4.74 Å². The van der Waals surface area contributed by atoms with Crippen molar-refractivity contribution in [3.63, 3.8) is 0 Å². The van der Waals surface area contributed by atoms with E-state index in [0.29, 0.717) is 53.1 Å². The minimum absolute atomic E-state index is 0.0599. The summed E-state index contributed by atoms with van der Waals surface area (Å²) in [5.41, 5.74) is 1.01. The smallest absolute Gasteiger partial charge is 0.266 e. The predicted octanol–water partition coefficient (Wildman–Crippen LogP) is 4.34. The van der Waals surface area contributed by atoms with Crippen LogP contribution in [0.2, 0.25) is 0 Å². The van der Waals surface area contributed by atoms with Crippen LogP contribution in [0.4, 0.5) is 14.5 Å². The molecule has 0 spiro atoms. The zero-order chi connectivity index (χ0) is 27.6. The van der Waals surface area contributed by atoms with Crippen molar-refractivity contribution in [2.45, 2.75) is 50.2 Å². The van der Waals surface area contributed by atoms with Crippen LogP contribution in [0.3, 0.4) is 0 Å². The van der Waals surface area contributed by atoms with Crippen molar-refractivity contribution in [1.29, 1.82) is 0 Å². The van der Waals surface area contributed by atoms with Gasteiger partial charge in [0.1, 0.15) is 0 Å². The van der Waals surface area contributed by atoms with E-state index in [1.807, 2.05) is 29.8 Å². The van der Waals surface area contributed by atoms with Gasteiger partial charge >= 0.3 is 0 Å². The van der Waals surface area contributed by atoms with Gasteiger partial charge in [0.2, 0.25) is 0 Å². The molecule has 4 fully saturated rings. The fourth-order valence-corrected chi connectivity index (χ4v) is 7.89. The summed E-state index contributed by atoms with van der Waals surface area (Å²) in [6.45, 7) is 4.90. The Morgan fingerprint density at radius 2 is 1.95 bits per heavy atom. The average molecular weight is 670 g/mol. The first-order chi connectivity index (χ1) is 18.6. The standard InChI is InChI=1S/C28H34F2IN4O3P/c1-15(17-4-3-5-18(25(17)39)26(29)30)35(31)27(37)21-13-34(28(16-6-7-16)8-9-38-14-28)23(36)10-22(21)32-24-19-11-33(2)12-20(19)24/h3-5,10,13,15-16,19-20,24,26,32H,6-9,11-12,14,39H2,1-2H3/t15-,19?,20?,24?,28?/m1/s1. The molecule has 5 atom stereocenters. The summed E-state index contributed by atoms with van der Waals surface area (Å²) in [6.07, 6.45) is 1.97. The molecule has 2 aliphatic heterocycles. The molecule has 7 nitrogen and oxygen atoms in total. The second kappa shape index (κ2) is 10.3. The molecule has 0 bridgehead atoms. The van der Waals surface area contributed by atoms with Crippen LogP contribution in [0.5, 0.6) is 0 Å². The minimum Gasteiger partial charge on any atom is -0.381 e. The quantitative estimate of drug-likeness (QED) is 0.258. The van der Waals surface area contributed by atoms with Crippen molar-refractivity contribution in [2.75, 3.05) is 38.7 Å². The van der Waals surface area contributed by atoms with E-state index in [2.05, 4.69) is 26.5 Å². The lowest BCUT2D eigenvalue weighted by atomic mass is 9.91. The van der Waals surface area contributed by atoms with Gasteiger partial charge < -0.3 is 19.5 Å². The van der Waals surface area contributed by atoms with Gasteiger partial charge in [-0.25, -0.2) is 8.78 Å². The number of amides is 1. The van der Waals surface area contributed by atoms with Gasteiger partial charge in [-0.2, -0.15) is 0 Å². The second-order valence-electron chi connectivity index (χ2n) is 11.7. The number of carbonyl (C=O) groups is 1. The number of hydrogen-bond donors (Lipinski definition) is 1. The first-order valence-electron chi connectivity index (χ1n) is 13.6. The lowest BCUT2D eigenvalue weighted by molar-refractivity contribution is 0.0859. The number of fused-ring (bicyclic) bond motifs is 1. The van der Waals surface area contributed by atoms with Crippen LogP contribution < -0.4 is 16.2 Å². The highest BCUT2D eigenvalue weighted by molar-refractivity contribution is 14.1. The van der Waals surface area contributed by atoms with Crippen LogP contribution in [-0.4, -0.2) is 57.9 Å². The molecule has 39 heavy (non-hydrogen) atoms. The Labute approximate surface area is 243 Å². The van der Waals surface area contributed by atoms with Crippen molar-refractivity contribution >= 4 is 49.0 Å². The Kier molecular flexibility index (Phi) is 7.30. The van der Waals surface area contributed by atoms with Gasteiger partial charge in [-0.1, -0.05) is 18.2 Å². The number of nitrogens with one attached hydrogen (secondary N) is 1. The van der Waals surface area contributed by atoms with Crippen molar-refractivity contribution in [3.8, 4) is 0 Å². The summed E-state index contributed by atoms with van der Waals surface area (Å²) in [7, 11) is 4.53.